The van der Waals surface area contributed by atoms with Gasteiger partial charge in [-0.2, -0.15) is 4.31 Å². The van der Waals surface area contributed by atoms with Crippen molar-refractivity contribution < 1.29 is 22.6 Å². The highest BCUT2D eigenvalue weighted by Crippen LogP contribution is 2.46. The van der Waals surface area contributed by atoms with Crippen molar-refractivity contribution in [2.45, 2.75) is 30.6 Å². The highest BCUT2D eigenvalue weighted by atomic mass is 35.5. The fourth-order valence-corrected chi connectivity index (χ4v) is 6.29. The summed E-state index contributed by atoms with van der Waals surface area (Å²) < 4.78 is 44.9. The average molecular weight is 430 g/mol. The SMILES string of the molecule is COc1ccc(S(=O)(=O)N2C[C@H](COCC3CC3)C3(CCOCC3)C2)cc1Cl. The molecule has 1 aromatic rings. The summed E-state index contributed by atoms with van der Waals surface area (Å²) in [7, 11) is -2.12. The lowest BCUT2D eigenvalue weighted by atomic mass is 9.72. The van der Waals surface area contributed by atoms with Crippen LogP contribution in [0.5, 0.6) is 5.75 Å². The molecule has 8 heteroatoms. The number of rotatable bonds is 7. The third kappa shape index (κ3) is 4.05. The van der Waals surface area contributed by atoms with Crippen LogP contribution in [-0.2, 0) is 19.5 Å². The van der Waals surface area contributed by atoms with Crippen LogP contribution in [0.1, 0.15) is 25.7 Å². The summed E-state index contributed by atoms with van der Waals surface area (Å²) in [6.07, 6.45) is 4.25. The fraction of sp³-hybridized carbons (Fsp3) is 0.700. The van der Waals surface area contributed by atoms with Gasteiger partial charge in [0.25, 0.3) is 0 Å². The van der Waals surface area contributed by atoms with Gasteiger partial charge in [-0.1, -0.05) is 11.6 Å². The van der Waals surface area contributed by atoms with E-state index < -0.39 is 10.0 Å². The van der Waals surface area contributed by atoms with Gasteiger partial charge in [-0.25, -0.2) is 8.42 Å². The number of methoxy groups -OCH3 is 1. The van der Waals surface area contributed by atoms with Crippen LogP contribution >= 0.6 is 11.6 Å². The Balaban J connectivity index is 1.53. The monoisotopic (exact) mass is 429 g/mol. The highest BCUT2D eigenvalue weighted by molar-refractivity contribution is 7.89. The molecule has 1 aromatic carbocycles. The molecule has 0 amide bonds. The Bertz CT molecular complexity index is 805. The van der Waals surface area contributed by atoms with Crippen LogP contribution in [-0.4, -0.2) is 59.3 Å². The Morgan fingerprint density at radius 1 is 1.25 bits per heavy atom. The molecule has 1 spiro atoms. The number of hydrogen-bond donors (Lipinski definition) is 0. The lowest BCUT2D eigenvalue weighted by Crippen LogP contribution is -2.39. The molecule has 1 saturated carbocycles. The van der Waals surface area contributed by atoms with Gasteiger partial charge in [-0.15, -0.1) is 0 Å². The van der Waals surface area contributed by atoms with Crippen LogP contribution in [0, 0.1) is 17.3 Å². The first-order chi connectivity index (χ1) is 13.4. The van der Waals surface area contributed by atoms with Crippen molar-refractivity contribution in [3.05, 3.63) is 23.2 Å². The quantitative estimate of drug-likeness (QED) is 0.666. The molecule has 156 valence electrons. The summed E-state index contributed by atoms with van der Waals surface area (Å²) >= 11 is 6.17. The summed E-state index contributed by atoms with van der Waals surface area (Å²) in [4.78, 5) is 0.208. The van der Waals surface area contributed by atoms with Crippen molar-refractivity contribution >= 4 is 21.6 Å². The van der Waals surface area contributed by atoms with Gasteiger partial charge in [-0.05, 0) is 55.2 Å². The second-order valence-electron chi connectivity index (χ2n) is 8.25. The van der Waals surface area contributed by atoms with E-state index in [4.69, 9.17) is 25.8 Å². The molecule has 28 heavy (non-hydrogen) atoms. The molecule has 1 atom stereocenters. The van der Waals surface area contributed by atoms with Gasteiger partial charge in [0.05, 0.1) is 23.6 Å². The third-order valence-corrected chi connectivity index (χ3v) is 8.50. The van der Waals surface area contributed by atoms with Crippen molar-refractivity contribution in [3.63, 3.8) is 0 Å². The molecule has 4 rings (SSSR count). The van der Waals surface area contributed by atoms with E-state index in [-0.39, 0.29) is 16.2 Å². The van der Waals surface area contributed by atoms with Gasteiger partial charge in [0.1, 0.15) is 5.75 Å². The third-order valence-electron chi connectivity index (χ3n) is 6.40. The van der Waals surface area contributed by atoms with Gasteiger partial charge in [0.15, 0.2) is 0 Å². The lowest BCUT2D eigenvalue weighted by molar-refractivity contribution is -0.0241. The molecule has 0 bridgehead atoms. The molecular formula is C20H28ClNO5S. The van der Waals surface area contributed by atoms with Gasteiger partial charge in [0, 0.05) is 38.8 Å². The van der Waals surface area contributed by atoms with Crippen molar-refractivity contribution in [2.24, 2.45) is 17.3 Å². The lowest BCUT2D eigenvalue weighted by Gasteiger charge is -2.38. The molecular weight excluding hydrogens is 402 g/mol. The number of benzene rings is 1. The Labute approximate surface area is 172 Å². The van der Waals surface area contributed by atoms with Crippen LogP contribution in [0.4, 0.5) is 0 Å². The maximum absolute atomic E-state index is 13.3. The average Bonchev–Trinajstić information content (AvgIpc) is 3.45. The van der Waals surface area contributed by atoms with Crippen molar-refractivity contribution in [2.75, 3.05) is 46.6 Å². The van der Waals surface area contributed by atoms with Crippen LogP contribution < -0.4 is 4.74 Å². The standard InChI is InChI=1S/C20H28ClNO5S/c1-25-19-5-4-17(10-18(19)21)28(23,24)22-11-16(13-27-12-15-2-3-15)20(14-22)6-8-26-9-7-20/h4-5,10,15-16H,2-3,6-9,11-14H2,1H3/t16-/m1/s1. The minimum atomic E-state index is -3.63. The van der Waals surface area contributed by atoms with E-state index in [0.29, 0.717) is 49.6 Å². The van der Waals surface area contributed by atoms with Crippen LogP contribution in [0.3, 0.4) is 0 Å². The first-order valence-electron chi connectivity index (χ1n) is 9.94. The van der Waals surface area contributed by atoms with E-state index in [1.54, 1.807) is 16.4 Å². The molecule has 0 N–H and O–H groups in total. The molecule has 3 aliphatic rings. The van der Waals surface area contributed by atoms with Crippen molar-refractivity contribution in [1.82, 2.24) is 4.31 Å². The summed E-state index contributed by atoms with van der Waals surface area (Å²) in [5.74, 6) is 1.36. The largest absolute Gasteiger partial charge is 0.495 e. The second kappa shape index (κ2) is 8.11. The smallest absolute Gasteiger partial charge is 0.243 e. The van der Waals surface area contributed by atoms with Gasteiger partial charge >= 0.3 is 0 Å². The highest BCUT2D eigenvalue weighted by Gasteiger charge is 2.50. The van der Waals surface area contributed by atoms with E-state index >= 15 is 0 Å². The number of nitrogens with zero attached hydrogens (tertiary/aromatic N) is 1. The molecule has 0 radical (unpaired) electrons. The minimum Gasteiger partial charge on any atom is -0.495 e. The zero-order valence-corrected chi connectivity index (χ0v) is 17.8. The van der Waals surface area contributed by atoms with E-state index in [1.165, 1.54) is 26.0 Å². The predicted molar refractivity (Wildman–Crippen MR) is 106 cm³/mol. The van der Waals surface area contributed by atoms with Crippen molar-refractivity contribution in [3.8, 4) is 5.75 Å². The normalized spacial score (nSPS) is 25.3. The van der Waals surface area contributed by atoms with Gasteiger partial charge in [0.2, 0.25) is 10.0 Å². The summed E-state index contributed by atoms with van der Waals surface area (Å²) in [6.45, 7) is 3.77. The summed E-state index contributed by atoms with van der Waals surface area (Å²) in [6, 6.07) is 4.64. The van der Waals surface area contributed by atoms with Crippen LogP contribution in [0.15, 0.2) is 23.1 Å². The Kier molecular flexibility index (Phi) is 5.91. The zero-order chi connectivity index (χ0) is 19.8. The van der Waals surface area contributed by atoms with Crippen LogP contribution in [0.25, 0.3) is 0 Å². The van der Waals surface area contributed by atoms with E-state index in [2.05, 4.69) is 0 Å². The maximum Gasteiger partial charge on any atom is 0.243 e. The zero-order valence-electron chi connectivity index (χ0n) is 16.2. The van der Waals surface area contributed by atoms with E-state index in [9.17, 15) is 8.42 Å². The molecule has 0 aromatic heterocycles. The molecule has 2 saturated heterocycles. The minimum absolute atomic E-state index is 0.0643. The Morgan fingerprint density at radius 2 is 2.00 bits per heavy atom. The molecule has 2 heterocycles. The number of hydrogen-bond acceptors (Lipinski definition) is 5. The maximum atomic E-state index is 13.3. The Hall–Kier alpha value is -0.860. The molecule has 3 fully saturated rings. The molecule has 2 aliphatic heterocycles. The Morgan fingerprint density at radius 3 is 2.64 bits per heavy atom. The molecule has 1 aliphatic carbocycles. The first-order valence-corrected chi connectivity index (χ1v) is 11.8. The first kappa shape index (κ1) is 20.4. The van der Waals surface area contributed by atoms with Crippen LogP contribution in [0.2, 0.25) is 5.02 Å². The van der Waals surface area contributed by atoms with E-state index in [0.717, 1.165) is 19.4 Å². The predicted octanol–water partition coefficient (Wildman–Crippen LogP) is 3.19. The molecule has 6 nitrogen and oxygen atoms in total. The van der Waals surface area contributed by atoms with Crippen molar-refractivity contribution in [1.29, 1.82) is 0 Å². The summed E-state index contributed by atoms with van der Waals surface area (Å²) in [5.41, 5.74) is -0.0643. The second-order valence-corrected chi connectivity index (χ2v) is 10.6. The molecule has 0 unspecified atom stereocenters. The summed E-state index contributed by atoms with van der Waals surface area (Å²) in [5, 5.41) is 0.299. The van der Waals surface area contributed by atoms with E-state index in [1.807, 2.05) is 0 Å². The van der Waals surface area contributed by atoms with Gasteiger partial charge in [-0.3, -0.25) is 0 Å². The number of ether oxygens (including phenoxy) is 3. The topological polar surface area (TPSA) is 65.1 Å². The fourth-order valence-electron chi connectivity index (χ4n) is 4.36. The number of halogens is 1. The number of sulfonamides is 1. The van der Waals surface area contributed by atoms with Gasteiger partial charge < -0.3 is 14.2 Å².